The fraction of sp³-hybridized carbons (Fsp3) is 0.478. The molecular weight excluding hydrogens is 402 g/mol. The maximum Gasteiger partial charge on any atom is 0.241 e. The van der Waals surface area contributed by atoms with E-state index in [2.05, 4.69) is 22.1 Å². The number of carbonyl (C=O) groups is 1. The Morgan fingerprint density at radius 1 is 1.35 bits per heavy atom. The van der Waals surface area contributed by atoms with E-state index in [-0.39, 0.29) is 16.9 Å². The van der Waals surface area contributed by atoms with Gasteiger partial charge < -0.3 is 15.3 Å². The van der Waals surface area contributed by atoms with Crippen molar-refractivity contribution in [3.8, 4) is 0 Å². The smallest absolute Gasteiger partial charge is 0.241 e. The van der Waals surface area contributed by atoms with Crippen molar-refractivity contribution in [3.63, 3.8) is 0 Å². The normalized spacial score (nSPS) is 21.7. The average molecular weight is 430 g/mol. The lowest BCUT2D eigenvalue weighted by Gasteiger charge is -2.32. The molecule has 4 rings (SSSR count). The first-order chi connectivity index (χ1) is 14.7. The van der Waals surface area contributed by atoms with Crippen LogP contribution in [-0.4, -0.2) is 59.7 Å². The molecule has 1 saturated heterocycles. The van der Waals surface area contributed by atoms with Crippen LogP contribution in [0.4, 0.5) is 14.5 Å². The van der Waals surface area contributed by atoms with Gasteiger partial charge in [0.2, 0.25) is 5.91 Å². The number of nitrogens with zero attached hydrogens (tertiary/aromatic N) is 3. The molecule has 1 fully saturated rings. The molecule has 2 N–H and O–H groups in total. The molecule has 0 bridgehead atoms. The van der Waals surface area contributed by atoms with Gasteiger partial charge in [-0.2, -0.15) is 0 Å². The van der Waals surface area contributed by atoms with Crippen molar-refractivity contribution in [3.05, 3.63) is 58.9 Å². The lowest BCUT2D eigenvalue weighted by molar-refractivity contribution is -0.120. The van der Waals surface area contributed by atoms with Crippen molar-refractivity contribution in [2.24, 2.45) is 0 Å². The number of aliphatic hydroxyl groups excluding tert-OH is 1. The van der Waals surface area contributed by atoms with Gasteiger partial charge in [-0.1, -0.05) is 13.8 Å². The molecule has 1 amide bonds. The standard InChI is InChI=1S/C23H28F2N4O2/c1-14-11-28(7-6-26-14)12-20(30)29-13-23(2,3)22-19(29)8-15(10-27-22)21(31)17-9-16(24)4-5-18(17)25/h4-5,8-10,14,21,26,31H,6-7,11-13H2,1-3H3. The zero-order valence-electron chi connectivity index (χ0n) is 18.0. The lowest BCUT2D eigenvalue weighted by Crippen LogP contribution is -2.52. The minimum absolute atomic E-state index is 0.0358. The number of pyridine rings is 1. The van der Waals surface area contributed by atoms with Gasteiger partial charge in [0.1, 0.15) is 17.7 Å². The van der Waals surface area contributed by atoms with E-state index in [9.17, 15) is 18.7 Å². The Morgan fingerprint density at radius 3 is 2.87 bits per heavy atom. The van der Waals surface area contributed by atoms with Gasteiger partial charge in [-0.05, 0) is 31.2 Å². The SMILES string of the molecule is CC1CN(CC(=O)N2CC(C)(C)c3ncc(C(O)c4cc(F)ccc4F)cc32)CCN1. The Balaban J connectivity index is 1.62. The van der Waals surface area contributed by atoms with Gasteiger partial charge in [0.25, 0.3) is 0 Å². The fourth-order valence-corrected chi connectivity index (χ4v) is 4.46. The van der Waals surface area contributed by atoms with E-state index in [1.165, 1.54) is 6.20 Å². The number of amides is 1. The van der Waals surface area contributed by atoms with E-state index >= 15 is 0 Å². The van der Waals surface area contributed by atoms with E-state index in [0.717, 1.165) is 43.5 Å². The van der Waals surface area contributed by atoms with Crippen LogP contribution in [0.3, 0.4) is 0 Å². The summed E-state index contributed by atoms with van der Waals surface area (Å²) in [4.78, 5) is 21.5. The molecule has 0 aliphatic carbocycles. The zero-order chi connectivity index (χ0) is 22.3. The molecule has 0 radical (unpaired) electrons. The van der Waals surface area contributed by atoms with Crippen LogP contribution in [0.5, 0.6) is 0 Å². The number of hydrogen-bond acceptors (Lipinski definition) is 5. The van der Waals surface area contributed by atoms with Crippen molar-refractivity contribution in [1.82, 2.24) is 15.2 Å². The summed E-state index contributed by atoms with van der Waals surface area (Å²) in [6, 6.07) is 4.97. The quantitative estimate of drug-likeness (QED) is 0.780. The van der Waals surface area contributed by atoms with Crippen molar-refractivity contribution in [2.45, 2.75) is 38.3 Å². The highest BCUT2D eigenvalue weighted by Crippen LogP contribution is 2.41. The summed E-state index contributed by atoms with van der Waals surface area (Å²) in [6.07, 6.45) is 0.0878. The van der Waals surface area contributed by atoms with Crippen LogP contribution in [-0.2, 0) is 10.2 Å². The molecule has 31 heavy (non-hydrogen) atoms. The van der Waals surface area contributed by atoms with Gasteiger partial charge in [-0.3, -0.25) is 14.7 Å². The number of fused-ring (bicyclic) bond motifs is 1. The monoisotopic (exact) mass is 430 g/mol. The van der Waals surface area contributed by atoms with Gasteiger partial charge in [0.15, 0.2) is 0 Å². The molecule has 2 aliphatic rings. The predicted octanol–water partition coefficient (Wildman–Crippen LogP) is 2.36. The number of rotatable bonds is 4. The second-order valence-corrected chi connectivity index (χ2v) is 9.16. The van der Waals surface area contributed by atoms with Crippen molar-refractivity contribution < 1.29 is 18.7 Å². The summed E-state index contributed by atoms with van der Waals surface area (Å²) >= 11 is 0. The largest absolute Gasteiger partial charge is 0.383 e. The first-order valence-corrected chi connectivity index (χ1v) is 10.6. The number of nitrogens with one attached hydrogen (secondary N) is 1. The van der Waals surface area contributed by atoms with E-state index in [1.807, 2.05) is 13.8 Å². The molecule has 6 nitrogen and oxygen atoms in total. The molecule has 1 aromatic heterocycles. The predicted molar refractivity (Wildman–Crippen MR) is 114 cm³/mol. The maximum atomic E-state index is 14.2. The van der Waals surface area contributed by atoms with E-state index in [0.29, 0.717) is 30.4 Å². The number of piperazine rings is 1. The summed E-state index contributed by atoms with van der Waals surface area (Å²) in [7, 11) is 0. The third-order valence-corrected chi connectivity index (χ3v) is 6.06. The highest BCUT2D eigenvalue weighted by atomic mass is 19.1. The Kier molecular flexibility index (Phi) is 5.81. The molecule has 2 atom stereocenters. The first-order valence-electron chi connectivity index (χ1n) is 10.6. The van der Waals surface area contributed by atoms with Crippen LogP contribution in [0, 0.1) is 11.6 Å². The van der Waals surface area contributed by atoms with Gasteiger partial charge in [-0.25, -0.2) is 8.78 Å². The minimum atomic E-state index is -1.39. The average Bonchev–Trinajstić information content (AvgIpc) is 3.00. The number of halogens is 2. The molecule has 1 aromatic carbocycles. The number of aliphatic hydroxyl groups is 1. The van der Waals surface area contributed by atoms with Gasteiger partial charge >= 0.3 is 0 Å². The van der Waals surface area contributed by atoms with Crippen LogP contribution in [0.2, 0.25) is 0 Å². The van der Waals surface area contributed by atoms with E-state index in [1.54, 1.807) is 11.0 Å². The number of hydrogen-bond donors (Lipinski definition) is 2. The lowest BCUT2D eigenvalue weighted by atomic mass is 9.90. The third kappa shape index (κ3) is 4.33. The Hall–Kier alpha value is -2.42. The van der Waals surface area contributed by atoms with Crippen LogP contribution in [0.15, 0.2) is 30.5 Å². The van der Waals surface area contributed by atoms with Crippen LogP contribution >= 0.6 is 0 Å². The van der Waals surface area contributed by atoms with Gasteiger partial charge in [0, 0.05) is 55.0 Å². The fourth-order valence-electron chi connectivity index (χ4n) is 4.46. The van der Waals surface area contributed by atoms with E-state index in [4.69, 9.17) is 0 Å². The first kappa shape index (κ1) is 21.8. The number of carbonyl (C=O) groups excluding carboxylic acids is 1. The summed E-state index contributed by atoms with van der Waals surface area (Å²) in [5.41, 5.74) is 1.17. The topological polar surface area (TPSA) is 68.7 Å². The van der Waals surface area contributed by atoms with Gasteiger partial charge in [-0.15, -0.1) is 0 Å². The second-order valence-electron chi connectivity index (χ2n) is 9.16. The molecule has 3 heterocycles. The minimum Gasteiger partial charge on any atom is -0.383 e. The van der Waals surface area contributed by atoms with Crippen LogP contribution < -0.4 is 10.2 Å². The second kappa shape index (κ2) is 8.26. The number of aromatic nitrogens is 1. The number of anilines is 1. The Morgan fingerprint density at radius 2 is 2.13 bits per heavy atom. The summed E-state index contributed by atoms with van der Waals surface area (Å²) in [5.74, 6) is -1.37. The molecule has 2 unspecified atom stereocenters. The summed E-state index contributed by atoms with van der Waals surface area (Å²) < 4.78 is 27.8. The number of benzene rings is 1. The van der Waals surface area contributed by atoms with Crippen molar-refractivity contribution >= 4 is 11.6 Å². The third-order valence-electron chi connectivity index (χ3n) is 6.06. The molecule has 166 valence electrons. The Bertz CT molecular complexity index is 998. The molecule has 2 aromatic rings. The highest BCUT2D eigenvalue weighted by Gasteiger charge is 2.40. The van der Waals surface area contributed by atoms with Crippen LogP contribution in [0.25, 0.3) is 0 Å². The van der Waals surface area contributed by atoms with Crippen molar-refractivity contribution in [2.75, 3.05) is 37.6 Å². The maximum absolute atomic E-state index is 14.2. The van der Waals surface area contributed by atoms with Crippen LogP contribution in [0.1, 0.15) is 43.7 Å². The highest BCUT2D eigenvalue weighted by molar-refractivity contribution is 5.97. The molecule has 8 heteroatoms. The van der Waals surface area contributed by atoms with Crippen molar-refractivity contribution in [1.29, 1.82) is 0 Å². The Labute approximate surface area is 180 Å². The molecule has 2 aliphatic heterocycles. The molecule has 0 spiro atoms. The molecular formula is C23H28F2N4O2. The van der Waals surface area contributed by atoms with Gasteiger partial charge in [0.05, 0.1) is 17.9 Å². The summed E-state index contributed by atoms with van der Waals surface area (Å²) in [6.45, 7) is 9.34. The summed E-state index contributed by atoms with van der Waals surface area (Å²) in [5, 5.41) is 14.1. The molecule has 0 saturated carbocycles. The van der Waals surface area contributed by atoms with E-state index < -0.39 is 17.7 Å². The zero-order valence-corrected chi connectivity index (χ0v) is 18.0.